The van der Waals surface area contributed by atoms with Crippen molar-refractivity contribution in [3.8, 4) is 0 Å². The lowest BCUT2D eigenvalue weighted by atomic mass is 10.1. The van der Waals surface area contributed by atoms with Gasteiger partial charge in [0, 0.05) is 13.0 Å². The number of aliphatic carboxylic acids is 1. The third kappa shape index (κ3) is 6.26. The molecule has 0 aliphatic heterocycles. The summed E-state index contributed by atoms with van der Waals surface area (Å²) in [4.78, 5) is 22.2. The molecule has 1 unspecified atom stereocenters. The van der Waals surface area contributed by atoms with E-state index in [9.17, 15) is 9.59 Å². The van der Waals surface area contributed by atoms with Crippen LogP contribution < -0.4 is 5.32 Å². The number of nitrogens with one attached hydrogen (secondary N) is 1. The highest BCUT2D eigenvalue weighted by Crippen LogP contribution is 2.22. The highest BCUT2D eigenvalue weighted by atomic mass is 35.5. The highest BCUT2D eigenvalue weighted by molar-refractivity contribution is 6.42. The van der Waals surface area contributed by atoms with Gasteiger partial charge >= 0.3 is 5.97 Å². The van der Waals surface area contributed by atoms with Crippen molar-refractivity contribution < 1.29 is 14.7 Å². The van der Waals surface area contributed by atoms with Gasteiger partial charge in [-0.25, -0.2) is 0 Å². The lowest BCUT2D eigenvalue weighted by molar-refractivity contribution is -0.137. The Labute approximate surface area is 128 Å². The first kappa shape index (κ1) is 16.8. The summed E-state index contributed by atoms with van der Waals surface area (Å²) in [5, 5.41) is 12.2. The lowest BCUT2D eigenvalue weighted by Gasteiger charge is -2.11. The number of halogens is 2. The summed E-state index contributed by atoms with van der Waals surface area (Å²) in [6.45, 7) is 2.37. The Hall–Kier alpha value is -1.26. The Balaban J connectivity index is 2.36. The molecule has 1 rings (SSSR count). The van der Waals surface area contributed by atoms with Crippen LogP contribution in [-0.4, -0.2) is 23.5 Å². The molecule has 1 amide bonds. The van der Waals surface area contributed by atoms with Crippen LogP contribution in [0, 0.1) is 5.92 Å². The maximum Gasteiger partial charge on any atom is 0.303 e. The van der Waals surface area contributed by atoms with E-state index in [1.54, 1.807) is 18.2 Å². The average molecular weight is 318 g/mol. The SMILES string of the molecule is CC(CCC(=O)O)CNC(=O)Cc1ccc(Cl)c(Cl)c1. The average Bonchev–Trinajstić information content (AvgIpc) is 2.38. The Morgan fingerprint density at radius 2 is 2.00 bits per heavy atom. The zero-order chi connectivity index (χ0) is 15.1. The van der Waals surface area contributed by atoms with Gasteiger partial charge < -0.3 is 10.4 Å². The molecule has 20 heavy (non-hydrogen) atoms. The second kappa shape index (κ2) is 8.12. The van der Waals surface area contributed by atoms with Crippen LogP contribution in [0.3, 0.4) is 0 Å². The number of hydrogen-bond acceptors (Lipinski definition) is 2. The van der Waals surface area contributed by atoms with Crippen LogP contribution in [0.25, 0.3) is 0 Å². The monoisotopic (exact) mass is 317 g/mol. The van der Waals surface area contributed by atoms with Crippen LogP contribution in [0.5, 0.6) is 0 Å². The van der Waals surface area contributed by atoms with Gasteiger partial charge in [-0.05, 0) is 30.0 Å². The number of benzene rings is 1. The van der Waals surface area contributed by atoms with Crippen molar-refractivity contribution in [2.75, 3.05) is 6.54 Å². The molecule has 0 fully saturated rings. The first-order valence-corrected chi connectivity index (χ1v) is 7.06. The third-order valence-corrected chi connectivity index (χ3v) is 3.59. The molecular formula is C14H17Cl2NO3. The van der Waals surface area contributed by atoms with Crippen molar-refractivity contribution in [2.24, 2.45) is 5.92 Å². The zero-order valence-electron chi connectivity index (χ0n) is 11.2. The number of amides is 1. The smallest absolute Gasteiger partial charge is 0.303 e. The van der Waals surface area contributed by atoms with E-state index in [1.807, 2.05) is 6.92 Å². The van der Waals surface area contributed by atoms with E-state index in [1.165, 1.54) is 0 Å². The summed E-state index contributed by atoms with van der Waals surface area (Å²) in [5.74, 6) is -0.812. The Bertz CT molecular complexity index is 491. The zero-order valence-corrected chi connectivity index (χ0v) is 12.7. The summed E-state index contributed by atoms with van der Waals surface area (Å²) >= 11 is 11.7. The first-order chi connectivity index (χ1) is 9.38. The minimum absolute atomic E-state index is 0.115. The van der Waals surface area contributed by atoms with Gasteiger partial charge in [0.15, 0.2) is 0 Å². The van der Waals surface area contributed by atoms with E-state index in [2.05, 4.69) is 5.32 Å². The summed E-state index contributed by atoms with van der Waals surface area (Å²) < 4.78 is 0. The van der Waals surface area contributed by atoms with Crippen LogP contribution in [0.2, 0.25) is 10.0 Å². The van der Waals surface area contributed by atoms with Crippen LogP contribution in [0.1, 0.15) is 25.3 Å². The van der Waals surface area contributed by atoms with E-state index < -0.39 is 5.97 Å². The maximum atomic E-state index is 11.7. The Kier molecular flexibility index (Phi) is 6.82. The topological polar surface area (TPSA) is 66.4 Å². The molecule has 0 saturated carbocycles. The molecule has 0 aliphatic carbocycles. The second-order valence-corrected chi connectivity index (χ2v) is 5.58. The van der Waals surface area contributed by atoms with E-state index in [-0.39, 0.29) is 24.7 Å². The third-order valence-electron chi connectivity index (χ3n) is 2.85. The molecule has 0 aliphatic rings. The largest absolute Gasteiger partial charge is 0.481 e. The molecule has 4 nitrogen and oxygen atoms in total. The fourth-order valence-electron chi connectivity index (χ4n) is 1.66. The predicted molar refractivity (Wildman–Crippen MR) is 79.2 cm³/mol. The van der Waals surface area contributed by atoms with E-state index >= 15 is 0 Å². The quantitative estimate of drug-likeness (QED) is 0.811. The molecule has 1 atom stereocenters. The highest BCUT2D eigenvalue weighted by Gasteiger charge is 2.09. The lowest BCUT2D eigenvalue weighted by Crippen LogP contribution is -2.29. The number of carbonyl (C=O) groups excluding carboxylic acids is 1. The van der Waals surface area contributed by atoms with Crippen molar-refractivity contribution in [1.82, 2.24) is 5.32 Å². The normalized spacial score (nSPS) is 11.9. The number of carbonyl (C=O) groups is 2. The van der Waals surface area contributed by atoms with Gasteiger partial charge in [-0.2, -0.15) is 0 Å². The molecule has 110 valence electrons. The van der Waals surface area contributed by atoms with E-state index in [0.717, 1.165) is 5.56 Å². The Morgan fingerprint density at radius 3 is 2.60 bits per heavy atom. The fraction of sp³-hybridized carbons (Fsp3) is 0.429. The van der Waals surface area contributed by atoms with Gasteiger partial charge in [0.25, 0.3) is 0 Å². The second-order valence-electron chi connectivity index (χ2n) is 4.77. The molecule has 0 saturated heterocycles. The molecular weight excluding hydrogens is 301 g/mol. The minimum Gasteiger partial charge on any atom is -0.481 e. The molecule has 0 spiro atoms. The minimum atomic E-state index is -0.820. The van der Waals surface area contributed by atoms with Gasteiger partial charge in [-0.3, -0.25) is 9.59 Å². The van der Waals surface area contributed by atoms with Crippen molar-refractivity contribution in [3.63, 3.8) is 0 Å². The van der Waals surface area contributed by atoms with E-state index in [0.29, 0.717) is 23.0 Å². The predicted octanol–water partition coefficient (Wildman–Crippen LogP) is 3.15. The molecule has 2 N–H and O–H groups in total. The van der Waals surface area contributed by atoms with E-state index in [4.69, 9.17) is 28.3 Å². The van der Waals surface area contributed by atoms with Crippen LogP contribution in [0.15, 0.2) is 18.2 Å². The summed E-state index contributed by atoms with van der Waals surface area (Å²) in [7, 11) is 0. The van der Waals surface area contributed by atoms with Crippen LogP contribution >= 0.6 is 23.2 Å². The number of rotatable bonds is 7. The molecule has 1 aromatic rings. The Morgan fingerprint density at radius 1 is 1.30 bits per heavy atom. The number of carboxylic acids is 1. The first-order valence-electron chi connectivity index (χ1n) is 6.31. The number of hydrogen-bond donors (Lipinski definition) is 2. The van der Waals surface area contributed by atoms with Crippen molar-refractivity contribution in [3.05, 3.63) is 33.8 Å². The van der Waals surface area contributed by atoms with Crippen LogP contribution in [-0.2, 0) is 16.0 Å². The summed E-state index contributed by atoms with van der Waals surface area (Å²) in [6.07, 6.45) is 0.884. The molecule has 1 aromatic carbocycles. The van der Waals surface area contributed by atoms with Crippen molar-refractivity contribution in [1.29, 1.82) is 0 Å². The van der Waals surface area contributed by atoms with Crippen LogP contribution in [0.4, 0.5) is 0 Å². The molecule has 0 aromatic heterocycles. The molecule has 0 radical (unpaired) electrons. The molecule has 0 heterocycles. The maximum absolute atomic E-state index is 11.7. The standard InChI is InChI=1S/C14H17Cl2NO3/c1-9(2-5-14(19)20)8-17-13(18)7-10-3-4-11(15)12(16)6-10/h3-4,6,9H,2,5,7-8H2,1H3,(H,17,18)(H,19,20). The van der Waals surface area contributed by atoms with Gasteiger partial charge in [0.05, 0.1) is 16.5 Å². The van der Waals surface area contributed by atoms with Crippen molar-refractivity contribution in [2.45, 2.75) is 26.2 Å². The fourth-order valence-corrected chi connectivity index (χ4v) is 1.98. The summed E-state index contributed by atoms with van der Waals surface area (Å²) in [6, 6.07) is 5.07. The van der Waals surface area contributed by atoms with Gasteiger partial charge in [-0.15, -0.1) is 0 Å². The molecule has 6 heteroatoms. The number of carboxylic acid groups (broad SMARTS) is 1. The van der Waals surface area contributed by atoms with Gasteiger partial charge in [0.1, 0.15) is 0 Å². The van der Waals surface area contributed by atoms with Crippen molar-refractivity contribution >= 4 is 35.1 Å². The summed E-state index contributed by atoms with van der Waals surface area (Å²) in [5.41, 5.74) is 0.787. The molecule has 0 bridgehead atoms. The van der Waals surface area contributed by atoms with Gasteiger partial charge in [0.2, 0.25) is 5.91 Å². The van der Waals surface area contributed by atoms with Gasteiger partial charge in [-0.1, -0.05) is 36.2 Å².